The summed E-state index contributed by atoms with van der Waals surface area (Å²) in [5.41, 5.74) is 0.154. The first-order chi connectivity index (χ1) is 9.19. The van der Waals surface area contributed by atoms with Gasteiger partial charge in [0.2, 0.25) is 0 Å². The predicted molar refractivity (Wildman–Crippen MR) is 74.1 cm³/mol. The molecule has 0 amide bonds. The normalized spacial score (nSPS) is 25.9. The van der Waals surface area contributed by atoms with Crippen molar-refractivity contribution in [3.63, 3.8) is 0 Å². The van der Waals surface area contributed by atoms with Crippen molar-refractivity contribution in [2.45, 2.75) is 63.5 Å². The Hall–Kier alpha value is -0.610. The molecule has 1 heterocycles. The van der Waals surface area contributed by atoms with Crippen molar-refractivity contribution in [2.24, 2.45) is 0 Å². The third-order valence-electron chi connectivity index (χ3n) is 4.74. The van der Waals surface area contributed by atoms with Crippen molar-refractivity contribution in [3.05, 3.63) is 0 Å². The van der Waals surface area contributed by atoms with E-state index in [0.717, 1.165) is 32.5 Å². The third kappa shape index (κ3) is 3.69. The maximum Gasteiger partial charge on any atom is 0.306 e. The van der Waals surface area contributed by atoms with Crippen LogP contribution in [0.15, 0.2) is 0 Å². The lowest BCUT2D eigenvalue weighted by atomic mass is 9.88. The SMILES string of the molecule is CCN(CCC(=O)OC)C1CCOC2(CCCC2)C1. The predicted octanol–water partition coefficient (Wildman–Crippen LogP) is 2.36. The van der Waals surface area contributed by atoms with Crippen molar-refractivity contribution in [3.8, 4) is 0 Å². The van der Waals surface area contributed by atoms with E-state index in [9.17, 15) is 4.79 Å². The first-order valence-electron chi connectivity index (χ1n) is 7.64. The van der Waals surface area contributed by atoms with Gasteiger partial charge in [0.1, 0.15) is 0 Å². The fourth-order valence-corrected chi connectivity index (χ4v) is 3.62. The van der Waals surface area contributed by atoms with Crippen LogP contribution in [0.25, 0.3) is 0 Å². The minimum Gasteiger partial charge on any atom is -0.469 e. The van der Waals surface area contributed by atoms with Crippen molar-refractivity contribution < 1.29 is 14.3 Å². The molecule has 0 aromatic rings. The molecule has 4 nitrogen and oxygen atoms in total. The second-order valence-corrected chi connectivity index (χ2v) is 5.84. The van der Waals surface area contributed by atoms with E-state index in [-0.39, 0.29) is 11.6 Å². The van der Waals surface area contributed by atoms with E-state index in [0.29, 0.717) is 12.5 Å². The molecule has 110 valence electrons. The molecule has 1 atom stereocenters. The summed E-state index contributed by atoms with van der Waals surface area (Å²) in [6, 6.07) is 0.571. The van der Waals surface area contributed by atoms with E-state index in [4.69, 9.17) is 9.47 Å². The zero-order valence-corrected chi connectivity index (χ0v) is 12.3. The zero-order chi connectivity index (χ0) is 13.7. The van der Waals surface area contributed by atoms with Gasteiger partial charge in [0.25, 0.3) is 0 Å². The van der Waals surface area contributed by atoms with Crippen LogP contribution in [0.5, 0.6) is 0 Å². The molecule has 2 rings (SSSR count). The summed E-state index contributed by atoms with van der Waals surface area (Å²) in [5, 5.41) is 0. The van der Waals surface area contributed by atoms with E-state index >= 15 is 0 Å². The molecule has 1 aliphatic carbocycles. The molecule has 1 spiro atoms. The number of carbonyl (C=O) groups is 1. The van der Waals surface area contributed by atoms with Gasteiger partial charge in [-0.1, -0.05) is 19.8 Å². The molecule has 1 saturated heterocycles. The highest BCUT2D eigenvalue weighted by atomic mass is 16.5. The van der Waals surface area contributed by atoms with Gasteiger partial charge in [-0.15, -0.1) is 0 Å². The van der Waals surface area contributed by atoms with E-state index in [1.54, 1.807) is 0 Å². The fourth-order valence-electron chi connectivity index (χ4n) is 3.62. The molecule has 0 bridgehead atoms. The maximum absolute atomic E-state index is 11.3. The van der Waals surface area contributed by atoms with Gasteiger partial charge in [0.15, 0.2) is 0 Å². The van der Waals surface area contributed by atoms with Gasteiger partial charge in [0, 0.05) is 19.2 Å². The number of hydrogen-bond acceptors (Lipinski definition) is 4. The number of ether oxygens (including phenoxy) is 2. The molecule has 0 N–H and O–H groups in total. The highest BCUT2D eigenvalue weighted by Crippen LogP contribution is 2.41. The summed E-state index contributed by atoms with van der Waals surface area (Å²) < 4.78 is 10.8. The van der Waals surface area contributed by atoms with Crippen LogP contribution in [-0.2, 0) is 14.3 Å². The van der Waals surface area contributed by atoms with Gasteiger partial charge < -0.3 is 9.47 Å². The van der Waals surface area contributed by atoms with Crippen LogP contribution in [-0.4, -0.2) is 49.3 Å². The lowest BCUT2D eigenvalue weighted by Gasteiger charge is -2.42. The number of rotatable bonds is 5. The maximum atomic E-state index is 11.3. The van der Waals surface area contributed by atoms with Crippen LogP contribution < -0.4 is 0 Å². The molecule has 2 aliphatic rings. The number of methoxy groups -OCH3 is 1. The molecule has 19 heavy (non-hydrogen) atoms. The second kappa shape index (κ2) is 6.71. The lowest BCUT2D eigenvalue weighted by molar-refractivity contribution is -0.141. The Morgan fingerprint density at radius 2 is 2.16 bits per heavy atom. The summed E-state index contributed by atoms with van der Waals surface area (Å²) in [4.78, 5) is 13.7. The summed E-state index contributed by atoms with van der Waals surface area (Å²) in [7, 11) is 1.46. The Balaban J connectivity index is 1.88. The van der Waals surface area contributed by atoms with Crippen LogP contribution in [0.2, 0.25) is 0 Å². The van der Waals surface area contributed by atoms with Crippen LogP contribution in [0.1, 0.15) is 51.9 Å². The van der Waals surface area contributed by atoms with Gasteiger partial charge in [-0.2, -0.15) is 0 Å². The Labute approximate surface area is 116 Å². The van der Waals surface area contributed by atoms with Crippen molar-refractivity contribution in [1.82, 2.24) is 4.90 Å². The standard InChI is InChI=1S/C15H27NO3/c1-3-16(10-6-14(17)18-2)13-7-11-19-15(12-13)8-4-5-9-15/h13H,3-12H2,1-2H3. The molecule has 1 aliphatic heterocycles. The molecule has 4 heteroatoms. The Bertz CT molecular complexity index is 300. The first-order valence-corrected chi connectivity index (χ1v) is 7.64. The highest BCUT2D eigenvalue weighted by molar-refractivity contribution is 5.69. The molecule has 2 fully saturated rings. The molecule has 0 aromatic heterocycles. The Morgan fingerprint density at radius 3 is 2.79 bits per heavy atom. The smallest absolute Gasteiger partial charge is 0.306 e. The van der Waals surface area contributed by atoms with E-state index in [1.807, 2.05) is 0 Å². The molecule has 1 saturated carbocycles. The van der Waals surface area contributed by atoms with Crippen LogP contribution >= 0.6 is 0 Å². The first kappa shape index (κ1) is 14.8. The van der Waals surface area contributed by atoms with Crippen LogP contribution in [0, 0.1) is 0 Å². The van der Waals surface area contributed by atoms with Gasteiger partial charge in [0.05, 0.1) is 19.1 Å². The molecular formula is C15H27NO3. The summed E-state index contributed by atoms with van der Waals surface area (Å²) in [6.07, 6.45) is 7.78. The second-order valence-electron chi connectivity index (χ2n) is 5.84. The quantitative estimate of drug-likeness (QED) is 0.718. The fraction of sp³-hybridized carbons (Fsp3) is 0.933. The van der Waals surface area contributed by atoms with E-state index < -0.39 is 0 Å². The van der Waals surface area contributed by atoms with Crippen molar-refractivity contribution in [2.75, 3.05) is 26.8 Å². The van der Waals surface area contributed by atoms with E-state index in [1.165, 1.54) is 32.8 Å². The van der Waals surface area contributed by atoms with Crippen LogP contribution in [0.4, 0.5) is 0 Å². The van der Waals surface area contributed by atoms with Gasteiger partial charge in [-0.3, -0.25) is 9.69 Å². The average Bonchev–Trinajstić information content (AvgIpc) is 2.87. The number of nitrogens with zero attached hydrogens (tertiary/aromatic N) is 1. The molecule has 1 unspecified atom stereocenters. The topological polar surface area (TPSA) is 38.8 Å². The lowest BCUT2D eigenvalue weighted by Crippen LogP contribution is -2.48. The van der Waals surface area contributed by atoms with E-state index in [2.05, 4.69) is 11.8 Å². The summed E-state index contributed by atoms with van der Waals surface area (Å²) in [5.74, 6) is -0.110. The minimum absolute atomic E-state index is 0.110. The summed E-state index contributed by atoms with van der Waals surface area (Å²) in [6.45, 7) is 4.86. The minimum atomic E-state index is -0.110. The number of carbonyl (C=O) groups excluding carboxylic acids is 1. The third-order valence-corrected chi connectivity index (χ3v) is 4.74. The molecule has 0 aromatic carbocycles. The van der Waals surface area contributed by atoms with Gasteiger partial charge in [-0.05, 0) is 32.2 Å². The largest absolute Gasteiger partial charge is 0.469 e. The van der Waals surface area contributed by atoms with Crippen LogP contribution in [0.3, 0.4) is 0 Å². The monoisotopic (exact) mass is 269 g/mol. The van der Waals surface area contributed by atoms with Gasteiger partial charge in [-0.25, -0.2) is 0 Å². The molecular weight excluding hydrogens is 242 g/mol. The Morgan fingerprint density at radius 1 is 1.42 bits per heavy atom. The zero-order valence-electron chi connectivity index (χ0n) is 12.3. The number of hydrogen-bond donors (Lipinski definition) is 0. The van der Waals surface area contributed by atoms with Crippen molar-refractivity contribution in [1.29, 1.82) is 0 Å². The van der Waals surface area contributed by atoms with Gasteiger partial charge >= 0.3 is 5.97 Å². The van der Waals surface area contributed by atoms with Crippen molar-refractivity contribution >= 4 is 5.97 Å². The Kier molecular flexibility index (Phi) is 5.22. The highest BCUT2D eigenvalue weighted by Gasteiger charge is 2.41. The molecule has 0 radical (unpaired) electrons. The summed E-state index contributed by atoms with van der Waals surface area (Å²) >= 11 is 0. The number of esters is 1. The average molecular weight is 269 g/mol.